The van der Waals surface area contributed by atoms with Crippen molar-refractivity contribution in [1.29, 1.82) is 0 Å². The Hall–Kier alpha value is -0.800. The molecule has 0 aliphatic carbocycles. The molecule has 1 aromatic heterocycles. The zero-order valence-electron chi connectivity index (χ0n) is 10.5. The van der Waals surface area contributed by atoms with Crippen LogP contribution < -0.4 is 0 Å². The van der Waals surface area contributed by atoms with E-state index in [1.54, 1.807) is 0 Å². The maximum atomic E-state index is 6.30. The Labute approximate surface area is 121 Å². The quantitative estimate of drug-likeness (QED) is 0.773. The highest BCUT2D eigenvalue weighted by atomic mass is 79.9. The summed E-state index contributed by atoms with van der Waals surface area (Å²) in [4.78, 5) is 0. The van der Waals surface area contributed by atoms with Crippen LogP contribution >= 0.6 is 27.5 Å². The van der Waals surface area contributed by atoms with Crippen LogP contribution in [-0.2, 0) is 13.5 Å². The second-order valence-corrected chi connectivity index (χ2v) is 5.46. The molecule has 0 saturated heterocycles. The van der Waals surface area contributed by atoms with Crippen molar-refractivity contribution in [1.82, 2.24) is 9.78 Å². The molecule has 1 heterocycles. The van der Waals surface area contributed by atoms with Crippen LogP contribution in [0.1, 0.15) is 22.9 Å². The molecule has 0 amide bonds. The molecule has 0 aliphatic rings. The number of aryl methyl sites for hydroxylation is 2. The van der Waals surface area contributed by atoms with Crippen LogP contribution in [0.3, 0.4) is 0 Å². The lowest BCUT2D eigenvalue weighted by Crippen LogP contribution is -2.08. The molecule has 0 radical (unpaired) electrons. The fraction of sp³-hybridized carbons (Fsp3) is 0.357. The average Bonchev–Trinajstić information content (AvgIpc) is 2.62. The number of hydrogen-bond donors (Lipinski definition) is 0. The van der Waals surface area contributed by atoms with Gasteiger partial charge >= 0.3 is 0 Å². The summed E-state index contributed by atoms with van der Waals surface area (Å²) in [5.41, 5.74) is 3.32. The fourth-order valence-electron chi connectivity index (χ4n) is 2.12. The second kappa shape index (κ2) is 5.89. The number of aromatic nitrogens is 2. The first kappa shape index (κ1) is 13.6. The number of rotatable bonds is 4. The van der Waals surface area contributed by atoms with Crippen LogP contribution in [-0.4, -0.2) is 15.1 Å². The molecule has 0 saturated carbocycles. The zero-order chi connectivity index (χ0) is 13.1. The first-order chi connectivity index (χ1) is 8.63. The van der Waals surface area contributed by atoms with Crippen molar-refractivity contribution < 1.29 is 0 Å². The van der Waals surface area contributed by atoms with Gasteiger partial charge in [0.15, 0.2) is 0 Å². The van der Waals surface area contributed by atoms with Crippen molar-refractivity contribution >= 4 is 27.5 Å². The van der Waals surface area contributed by atoms with Gasteiger partial charge in [-0.25, -0.2) is 0 Å². The van der Waals surface area contributed by atoms with Crippen molar-refractivity contribution in [3.8, 4) is 0 Å². The number of benzene rings is 1. The molecule has 0 bridgehead atoms. The van der Waals surface area contributed by atoms with E-state index < -0.39 is 0 Å². The van der Waals surface area contributed by atoms with Crippen LogP contribution in [0, 0.1) is 6.92 Å². The van der Waals surface area contributed by atoms with Crippen molar-refractivity contribution in [2.75, 3.05) is 5.33 Å². The van der Waals surface area contributed by atoms with Gasteiger partial charge in [-0.2, -0.15) is 5.10 Å². The third-order valence-corrected chi connectivity index (χ3v) is 4.43. The molecular weight excluding hydrogens is 312 g/mol. The Morgan fingerprint density at radius 2 is 2.00 bits per heavy atom. The van der Waals surface area contributed by atoms with Gasteiger partial charge in [0.2, 0.25) is 0 Å². The Morgan fingerprint density at radius 1 is 1.33 bits per heavy atom. The molecule has 4 heteroatoms. The summed E-state index contributed by atoms with van der Waals surface area (Å²) in [6, 6.07) is 10.5. The van der Waals surface area contributed by atoms with Gasteiger partial charge in [0.1, 0.15) is 0 Å². The minimum Gasteiger partial charge on any atom is -0.271 e. The molecule has 0 spiro atoms. The van der Waals surface area contributed by atoms with Gasteiger partial charge in [-0.05, 0) is 24.8 Å². The molecule has 1 atom stereocenters. The monoisotopic (exact) mass is 326 g/mol. The molecule has 2 nitrogen and oxygen atoms in total. The van der Waals surface area contributed by atoms with E-state index in [-0.39, 0.29) is 0 Å². The standard InChI is InChI=1S/C14H16BrClN2/c1-10-14(16)13(18(2)17-10)8-12(9-15)11-6-4-3-5-7-11/h3-7,12H,8-9H2,1-2H3. The van der Waals surface area contributed by atoms with Gasteiger partial charge in [0.05, 0.1) is 16.4 Å². The van der Waals surface area contributed by atoms with Crippen LogP contribution in [0.4, 0.5) is 0 Å². The molecule has 0 fully saturated rings. The van der Waals surface area contributed by atoms with E-state index in [0.29, 0.717) is 5.92 Å². The smallest absolute Gasteiger partial charge is 0.0847 e. The summed E-state index contributed by atoms with van der Waals surface area (Å²) in [7, 11) is 1.95. The minimum atomic E-state index is 0.415. The van der Waals surface area contributed by atoms with Crippen molar-refractivity contribution in [2.45, 2.75) is 19.3 Å². The number of alkyl halides is 1. The normalized spacial score (nSPS) is 12.7. The van der Waals surface area contributed by atoms with Crippen LogP contribution in [0.2, 0.25) is 5.02 Å². The number of nitrogens with zero attached hydrogens (tertiary/aromatic N) is 2. The lowest BCUT2D eigenvalue weighted by molar-refractivity contribution is 0.660. The van der Waals surface area contributed by atoms with E-state index in [2.05, 4.69) is 45.3 Å². The van der Waals surface area contributed by atoms with Gasteiger partial charge in [0.25, 0.3) is 0 Å². The largest absolute Gasteiger partial charge is 0.271 e. The highest BCUT2D eigenvalue weighted by Crippen LogP contribution is 2.28. The predicted molar refractivity (Wildman–Crippen MR) is 79.6 cm³/mol. The minimum absolute atomic E-state index is 0.415. The van der Waals surface area contributed by atoms with Crippen LogP contribution in [0.25, 0.3) is 0 Å². The zero-order valence-corrected chi connectivity index (χ0v) is 12.9. The average molecular weight is 328 g/mol. The fourth-order valence-corrected chi connectivity index (χ4v) is 2.96. The third-order valence-electron chi connectivity index (χ3n) is 3.16. The van der Waals surface area contributed by atoms with Crippen LogP contribution in [0.15, 0.2) is 30.3 Å². The molecular formula is C14H16BrClN2. The summed E-state index contributed by atoms with van der Waals surface area (Å²) in [6.07, 6.45) is 0.894. The lowest BCUT2D eigenvalue weighted by Gasteiger charge is -2.15. The van der Waals surface area contributed by atoms with E-state index in [0.717, 1.165) is 28.2 Å². The SMILES string of the molecule is Cc1nn(C)c(CC(CBr)c2ccccc2)c1Cl. The molecule has 18 heavy (non-hydrogen) atoms. The molecule has 0 aliphatic heterocycles. The topological polar surface area (TPSA) is 17.8 Å². The van der Waals surface area contributed by atoms with Gasteiger partial charge in [-0.15, -0.1) is 0 Å². The summed E-state index contributed by atoms with van der Waals surface area (Å²) < 4.78 is 1.89. The highest BCUT2D eigenvalue weighted by molar-refractivity contribution is 9.09. The van der Waals surface area contributed by atoms with E-state index in [4.69, 9.17) is 11.6 Å². The van der Waals surface area contributed by atoms with Crippen molar-refractivity contribution in [2.24, 2.45) is 7.05 Å². The molecule has 0 N–H and O–H groups in total. The van der Waals surface area contributed by atoms with E-state index >= 15 is 0 Å². The molecule has 96 valence electrons. The van der Waals surface area contributed by atoms with E-state index in [1.807, 2.05) is 24.7 Å². The predicted octanol–water partition coefficient (Wildman–Crippen LogP) is 4.10. The van der Waals surface area contributed by atoms with Gasteiger partial charge < -0.3 is 0 Å². The molecule has 2 aromatic rings. The molecule has 1 aromatic carbocycles. The highest BCUT2D eigenvalue weighted by Gasteiger charge is 2.17. The third kappa shape index (κ3) is 2.78. The summed E-state index contributed by atoms with van der Waals surface area (Å²) in [5.74, 6) is 0.415. The lowest BCUT2D eigenvalue weighted by atomic mass is 9.96. The van der Waals surface area contributed by atoms with Gasteiger partial charge in [-0.3, -0.25) is 4.68 Å². The summed E-state index contributed by atoms with van der Waals surface area (Å²) in [6.45, 7) is 1.94. The van der Waals surface area contributed by atoms with E-state index in [1.165, 1.54) is 5.56 Å². The number of halogens is 2. The maximum absolute atomic E-state index is 6.30. The first-order valence-corrected chi connectivity index (χ1v) is 7.42. The number of hydrogen-bond acceptors (Lipinski definition) is 1. The Bertz CT molecular complexity index is 522. The first-order valence-electron chi connectivity index (χ1n) is 5.92. The Balaban J connectivity index is 2.26. The Kier molecular flexibility index (Phi) is 4.46. The molecule has 1 unspecified atom stereocenters. The Morgan fingerprint density at radius 3 is 2.50 bits per heavy atom. The second-order valence-electron chi connectivity index (χ2n) is 4.44. The van der Waals surface area contributed by atoms with Crippen LogP contribution in [0.5, 0.6) is 0 Å². The van der Waals surface area contributed by atoms with Gasteiger partial charge in [0, 0.05) is 12.4 Å². The van der Waals surface area contributed by atoms with Crippen molar-refractivity contribution in [3.05, 3.63) is 52.3 Å². The maximum Gasteiger partial charge on any atom is 0.0847 e. The summed E-state index contributed by atoms with van der Waals surface area (Å²) in [5, 5.41) is 6.07. The van der Waals surface area contributed by atoms with Gasteiger partial charge in [-0.1, -0.05) is 57.9 Å². The summed E-state index contributed by atoms with van der Waals surface area (Å²) >= 11 is 9.90. The van der Waals surface area contributed by atoms with E-state index in [9.17, 15) is 0 Å². The van der Waals surface area contributed by atoms with Crippen molar-refractivity contribution in [3.63, 3.8) is 0 Å². The molecule has 2 rings (SSSR count).